The van der Waals surface area contributed by atoms with Crippen molar-refractivity contribution in [1.29, 1.82) is 0 Å². The van der Waals surface area contributed by atoms with Gasteiger partial charge in [-0.15, -0.1) is 5.10 Å². The van der Waals surface area contributed by atoms with Gasteiger partial charge in [0, 0.05) is 30.2 Å². The average Bonchev–Trinajstić information content (AvgIpc) is 3.32. The number of nitrogen functional groups attached to an aromatic ring is 2. The van der Waals surface area contributed by atoms with Crippen molar-refractivity contribution in [2.75, 3.05) is 25.1 Å². The fraction of sp³-hybridized carbons (Fsp3) is 0.240. The summed E-state index contributed by atoms with van der Waals surface area (Å²) in [4.78, 5) is 18.5. The van der Waals surface area contributed by atoms with Gasteiger partial charge in [-0.2, -0.15) is 17.7 Å². The average molecular weight is 522 g/mol. The molecule has 0 radical (unpaired) electrons. The van der Waals surface area contributed by atoms with Gasteiger partial charge in [-0.3, -0.25) is 4.90 Å². The Labute approximate surface area is 214 Å². The molecule has 0 amide bonds. The van der Waals surface area contributed by atoms with Gasteiger partial charge in [-0.05, 0) is 41.3 Å². The van der Waals surface area contributed by atoms with E-state index in [2.05, 4.69) is 25.0 Å². The van der Waals surface area contributed by atoms with Gasteiger partial charge in [0.1, 0.15) is 11.3 Å². The molecule has 5 aromatic rings. The number of rotatable bonds is 4. The van der Waals surface area contributed by atoms with Crippen LogP contribution in [0.25, 0.3) is 27.7 Å². The Balaban J connectivity index is 1.31. The number of aromatic nitrogens is 6. The molecule has 6 rings (SSSR count). The van der Waals surface area contributed by atoms with E-state index in [0.717, 1.165) is 35.7 Å². The first-order valence-electron chi connectivity index (χ1n) is 11.7. The zero-order valence-corrected chi connectivity index (χ0v) is 20.2. The zero-order valence-electron chi connectivity index (χ0n) is 20.2. The summed E-state index contributed by atoms with van der Waals surface area (Å²) in [5.74, 6) is 0.910. The Morgan fingerprint density at radius 2 is 1.89 bits per heavy atom. The summed E-state index contributed by atoms with van der Waals surface area (Å²) in [5, 5.41) is 5.32. The van der Waals surface area contributed by atoms with E-state index < -0.39 is 17.8 Å². The minimum Gasteiger partial charge on any atom is -0.494 e. The van der Waals surface area contributed by atoms with Crippen molar-refractivity contribution in [1.82, 2.24) is 34.4 Å². The Hall–Kier alpha value is -4.52. The van der Waals surface area contributed by atoms with Gasteiger partial charge < -0.3 is 16.2 Å². The van der Waals surface area contributed by atoms with E-state index in [4.69, 9.17) is 21.2 Å². The van der Waals surface area contributed by atoms with E-state index in [-0.39, 0.29) is 11.5 Å². The highest BCUT2D eigenvalue weighted by molar-refractivity contribution is 5.95. The quantitative estimate of drug-likeness (QED) is 0.365. The zero-order chi connectivity index (χ0) is 26.6. The summed E-state index contributed by atoms with van der Waals surface area (Å²) < 4.78 is 47.8. The fourth-order valence-corrected chi connectivity index (χ4v) is 4.84. The SMILES string of the molecule is COc1cccc2c1nc(N)n1nc(CN3CCc4ccc(-c5cnc(N)nc5C(F)(F)F)cc4C3)nc21. The molecule has 1 aliphatic rings. The number of ether oxygens (including phenoxy) is 1. The summed E-state index contributed by atoms with van der Waals surface area (Å²) in [7, 11) is 1.57. The lowest BCUT2D eigenvalue weighted by atomic mass is 9.94. The highest BCUT2D eigenvalue weighted by Gasteiger charge is 2.36. The Morgan fingerprint density at radius 3 is 2.68 bits per heavy atom. The van der Waals surface area contributed by atoms with Gasteiger partial charge in [-0.1, -0.05) is 18.2 Å². The number of methoxy groups -OCH3 is 1. The van der Waals surface area contributed by atoms with E-state index in [9.17, 15) is 13.2 Å². The number of nitrogens with zero attached hydrogens (tertiary/aromatic N) is 7. The van der Waals surface area contributed by atoms with E-state index in [0.29, 0.717) is 41.4 Å². The van der Waals surface area contributed by atoms with Gasteiger partial charge in [0.15, 0.2) is 17.2 Å². The minimum absolute atomic E-state index is 0.112. The highest BCUT2D eigenvalue weighted by Crippen LogP contribution is 2.37. The van der Waals surface area contributed by atoms with Gasteiger partial charge in [0.2, 0.25) is 11.9 Å². The molecule has 4 N–H and O–H groups in total. The number of fused-ring (bicyclic) bond motifs is 4. The summed E-state index contributed by atoms with van der Waals surface area (Å²) in [5.41, 5.74) is 14.0. The lowest BCUT2D eigenvalue weighted by Crippen LogP contribution is -2.30. The normalized spacial score (nSPS) is 14.2. The molecule has 4 heterocycles. The van der Waals surface area contributed by atoms with Gasteiger partial charge >= 0.3 is 6.18 Å². The molecule has 10 nitrogen and oxygen atoms in total. The molecule has 0 bridgehead atoms. The molecule has 1 aliphatic heterocycles. The third-order valence-electron chi connectivity index (χ3n) is 6.60. The van der Waals surface area contributed by atoms with Crippen LogP contribution in [0, 0.1) is 0 Å². The van der Waals surface area contributed by atoms with Crippen LogP contribution in [0.3, 0.4) is 0 Å². The van der Waals surface area contributed by atoms with Crippen LogP contribution in [0.2, 0.25) is 0 Å². The van der Waals surface area contributed by atoms with Crippen LogP contribution >= 0.6 is 0 Å². The van der Waals surface area contributed by atoms with Crippen LogP contribution in [-0.4, -0.2) is 48.1 Å². The summed E-state index contributed by atoms with van der Waals surface area (Å²) in [6.07, 6.45) is -2.81. The first kappa shape index (κ1) is 23.9. The van der Waals surface area contributed by atoms with Crippen LogP contribution in [-0.2, 0) is 25.7 Å². The van der Waals surface area contributed by atoms with Crippen molar-refractivity contribution in [2.45, 2.75) is 25.7 Å². The van der Waals surface area contributed by atoms with E-state index in [1.807, 2.05) is 18.2 Å². The molecule has 2 aromatic carbocycles. The molecular weight excluding hydrogens is 499 g/mol. The van der Waals surface area contributed by atoms with Crippen molar-refractivity contribution in [3.8, 4) is 16.9 Å². The van der Waals surface area contributed by atoms with Crippen molar-refractivity contribution in [3.63, 3.8) is 0 Å². The second-order valence-electron chi connectivity index (χ2n) is 9.02. The predicted molar refractivity (Wildman–Crippen MR) is 134 cm³/mol. The monoisotopic (exact) mass is 521 g/mol. The second kappa shape index (κ2) is 8.80. The van der Waals surface area contributed by atoms with Gasteiger partial charge in [0.25, 0.3) is 0 Å². The molecule has 3 aromatic heterocycles. The molecule has 0 atom stereocenters. The number of halogens is 3. The topological polar surface area (TPSA) is 133 Å². The summed E-state index contributed by atoms with van der Waals surface area (Å²) in [6.45, 7) is 1.68. The number of para-hydroxylation sites is 1. The number of nitrogens with two attached hydrogens (primary N) is 2. The standard InChI is InChI=1S/C25H22F3N9O/c1-38-18-4-2-3-16-20(18)33-24(30)37-22(16)32-19(35-37)12-36-8-7-13-5-6-14(9-15(13)11-36)17-10-31-23(29)34-21(17)25(26,27)28/h2-6,9-10H,7-8,11-12H2,1H3,(H2,30,33)(H2,29,31,34). The first-order chi connectivity index (χ1) is 18.2. The molecular formula is C25H22F3N9O. The van der Waals surface area contributed by atoms with Crippen LogP contribution in [0.15, 0.2) is 42.6 Å². The lowest BCUT2D eigenvalue weighted by Gasteiger charge is -2.28. The van der Waals surface area contributed by atoms with Crippen molar-refractivity contribution >= 4 is 28.4 Å². The maximum absolute atomic E-state index is 13.6. The van der Waals surface area contributed by atoms with E-state index in [1.165, 1.54) is 4.52 Å². The van der Waals surface area contributed by atoms with Crippen molar-refractivity contribution in [2.24, 2.45) is 0 Å². The van der Waals surface area contributed by atoms with Crippen molar-refractivity contribution in [3.05, 3.63) is 65.2 Å². The van der Waals surface area contributed by atoms with E-state index in [1.54, 1.807) is 25.3 Å². The molecule has 0 aliphatic carbocycles. The van der Waals surface area contributed by atoms with Gasteiger partial charge in [-0.25, -0.2) is 19.9 Å². The maximum Gasteiger partial charge on any atom is 0.434 e. The Kier molecular flexibility index (Phi) is 5.52. The molecule has 13 heteroatoms. The third-order valence-corrected chi connectivity index (χ3v) is 6.60. The van der Waals surface area contributed by atoms with Crippen LogP contribution in [0.1, 0.15) is 22.6 Å². The Bertz CT molecular complexity index is 1700. The Morgan fingerprint density at radius 1 is 1.05 bits per heavy atom. The first-order valence-corrected chi connectivity index (χ1v) is 11.7. The van der Waals surface area contributed by atoms with E-state index >= 15 is 0 Å². The number of hydrogen-bond acceptors (Lipinski definition) is 9. The summed E-state index contributed by atoms with van der Waals surface area (Å²) in [6, 6.07) is 10.8. The highest BCUT2D eigenvalue weighted by atomic mass is 19.4. The fourth-order valence-electron chi connectivity index (χ4n) is 4.84. The number of benzene rings is 2. The lowest BCUT2D eigenvalue weighted by molar-refractivity contribution is -0.140. The van der Waals surface area contributed by atoms with Crippen LogP contribution in [0.4, 0.5) is 25.1 Å². The minimum atomic E-state index is -4.66. The third kappa shape index (κ3) is 4.10. The number of alkyl halides is 3. The molecule has 194 valence electrons. The maximum atomic E-state index is 13.6. The largest absolute Gasteiger partial charge is 0.494 e. The molecule has 0 saturated heterocycles. The number of hydrogen-bond donors (Lipinski definition) is 2. The van der Waals surface area contributed by atoms with Crippen LogP contribution in [0.5, 0.6) is 5.75 Å². The van der Waals surface area contributed by atoms with Crippen LogP contribution < -0.4 is 16.2 Å². The molecule has 0 unspecified atom stereocenters. The molecule has 38 heavy (non-hydrogen) atoms. The van der Waals surface area contributed by atoms with Gasteiger partial charge in [0.05, 0.1) is 13.7 Å². The van der Waals surface area contributed by atoms with Crippen molar-refractivity contribution < 1.29 is 17.9 Å². The smallest absolute Gasteiger partial charge is 0.434 e. The summed E-state index contributed by atoms with van der Waals surface area (Å²) >= 11 is 0. The number of anilines is 2. The molecule has 0 fully saturated rings. The molecule has 0 spiro atoms. The second-order valence-corrected chi connectivity index (χ2v) is 9.02. The predicted octanol–water partition coefficient (Wildman–Crippen LogP) is 3.48. The molecule has 0 saturated carbocycles.